The second-order valence-electron chi connectivity index (χ2n) is 2.29. The molecule has 2 N–H and O–H groups in total. The van der Waals surface area contributed by atoms with E-state index in [2.05, 4.69) is 5.73 Å². The molecule has 0 aromatic rings. The molecular formula is C5H7F6N. The van der Waals surface area contributed by atoms with Gasteiger partial charge in [0.2, 0.25) is 0 Å². The second kappa shape index (κ2) is 3.51. The van der Waals surface area contributed by atoms with Gasteiger partial charge in [0.15, 0.2) is 0 Å². The highest BCUT2D eigenvalue weighted by atomic mass is 19.4. The van der Waals surface area contributed by atoms with Gasteiger partial charge in [-0.1, -0.05) is 0 Å². The predicted molar refractivity (Wildman–Crippen MR) is 29.3 cm³/mol. The monoisotopic (exact) mass is 195 g/mol. The van der Waals surface area contributed by atoms with Gasteiger partial charge in [-0.15, -0.1) is 0 Å². The first-order valence-electron chi connectivity index (χ1n) is 3.00. The molecule has 1 atom stereocenters. The number of halogens is 6. The third kappa shape index (κ3) is 4.42. The molecule has 74 valence electrons. The zero-order chi connectivity index (χ0) is 9.99. The lowest BCUT2D eigenvalue weighted by atomic mass is 10.1. The van der Waals surface area contributed by atoms with Crippen molar-refractivity contribution >= 4 is 0 Å². The van der Waals surface area contributed by atoms with Crippen LogP contribution in [-0.4, -0.2) is 18.9 Å². The fraction of sp³-hybridized carbons (Fsp3) is 1.00. The van der Waals surface area contributed by atoms with Crippen LogP contribution in [0.5, 0.6) is 0 Å². The molecule has 0 spiro atoms. The normalized spacial score (nSPS) is 16.2. The summed E-state index contributed by atoms with van der Waals surface area (Å²) in [4.78, 5) is 0. The van der Waals surface area contributed by atoms with Gasteiger partial charge in [-0.05, 0) is 0 Å². The molecular weight excluding hydrogens is 188 g/mol. The average Bonchev–Trinajstić information content (AvgIpc) is 1.78. The number of hydrogen-bond acceptors (Lipinski definition) is 1. The van der Waals surface area contributed by atoms with Gasteiger partial charge in [0.25, 0.3) is 0 Å². The molecule has 0 radical (unpaired) electrons. The largest absolute Gasteiger partial charge is 0.393 e. The molecule has 0 aliphatic rings. The summed E-state index contributed by atoms with van der Waals surface area (Å²) in [7, 11) is 0. The third-order valence-corrected chi connectivity index (χ3v) is 1.23. The van der Waals surface area contributed by atoms with Gasteiger partial charge in [0, 0.05) is 6.54 Å². The van der Waals surface area contributed by atoms with Gasteiger partial charge in [0.1, 0.15) is 0 Å². The van der Waals surface area contributed by atoms with Crippen LogP contribution in [0.2, 0.25) is 0 Å². The van der Waals surface area contributed by atoms with Crippen LogP contribution in [0.15, 0.2) is 0 Å². The zero-order valence-corrected chi connectivity index (χ0v) is 5.84. The molecule has 1 unspecified atom stereocenters. The molecule has 0 fully saturated rings. The lowest BCUT2D eigenvalue weighted by Crippen LogP contribution is -2.34. The molecule has 1 nitrogen and oxygen atoms in total. The maximum absolute atomic E-state index is 11.7. The molecule has 12 heavy (non-hydrogen) atoms. The number of nitrogens with two attached hydrogens (primary N) is 1. The van der Waals surface area contributed by atoms with E-state index in [1.165, 1.54) is 0 Å². The van der Waals surface area contributed by atoms with Crippen molar-refractivity contribution in [2.45, 2.75) is 18.8 Å². The van der Waals surface area contributed by atoms with Gasteiger partial charge in [0.05, 0.1) is 12.3 Å². The first-order valence-corrected chi connectivity index (χ1v) is 3.00. The van der Waals surface area contributed by atoms with Crippen LogP contribution < -0.4 is 5.73 Å². The number of hydrogen-bond donors (Lipinski definition) is 1. The summed E-state index contributed by atoms with van der Waals surface area (Å²) in [6.07, 6.45) is -11.6. The zero-order valence-electron chi connectivity index (χ0n) is 5.84. The lowest BCUT2D eigenvalue weighted by Gasteiger charge is -2.19. The second-order valence-corrected chi connectivity index (χ2v) is 2.29. The van der Waals surface area contributed by atoms with Crippen molar-refractivity contribution in [3.8, 4) is 0 Å². The van der Waals surface area contributed by atoms with E-state index in [0.717, 1.165) is 0 Å². The quantitative estimate of drug-likeness (QED) is 0.670. The van der Waals surface area contributed by atoms with Crippen molar-refractivity contribution < 1.29 is 26.3 Å². The van der Waals surface area contributed by atoms with Gasteiger partial charge >= 0.3 is 12.4 Å². The summed E-state index contributed by atoms with van der Waals surface area (Å²) >= 11 is 0. The van der Waals surface area contributed by atoms with E-state index >= 15 is 0 Å². The predicted octanol–water partition coefficient (Wildman–Crippen LogP) is 2.08. The van der Waals surface area contributed by atoms with Crippen LogP contribution in [0, 0.1) is 5.92 Å². The maximum Gasteiger partial charge on any atom is 0.393 e. The standard InChI is InChI=1S/C5H7F6N/c6-4(7,8)1-3(2-12)5(9,10)11/h3H,1-2,12H2. The molecule has 0 amide bonds. The molecule has 0 heterocycles. The Kier molecular flexibility index (Phi) is 3.37. The topological polar surface area (TPSA) is 26.0 Å². The van der Waals surface area contributed by atoms with Crippen LogP contribution in [0.4, 0.5) is 26.3 Å². The number of alkyl halides is 6. The number of rotatable bonds is 2. The van der Waals surface area contributed by atoms with E-state index in [0.29, 0.717) is 0 Å². The molecule has 7 heteroatoms. The van der Waals surface area contributed by atoms with Gasteiger partial charge in [-0.2, -0.15) is 26.3 Å². The van der Waals surface area contributed by atoms with E-state index in [-0.39, 0.29) is 0 Å². The molecule has 0 saturated heterocycles. The van der Waals surface area contributed by atoms with Crippen molar-refractivity contribution in [1.29, 1.82) is 0 Å². The Morgan fingerprint density at radius 2 is 1.42 bits per heavy atom. The Morgan fingerprint density at radius 3 is 1.50 bits per heavy atom. The first kappa shape index (κ1) is 11.5. The van der Waals surface area contributed by atoms with Crippen LogP contribution in [0.25, 0.3) is 0 Å². The minimum atomic E-state index is -4.87. The SMILES string of the molecule is NCC(CC(F)(F)F)C(F)(F)F. The molecule has 0 aliphatic heterocycles. The molecule has 0 aromatic carbocycles. The summed E-state index contributed by atoms with van der Waals surface area (Å²) in [5.41, 5.74) is 4.55. The molecule has 0 aromatic heterocycles. The molecule has 0 aliphatic carbocycles. The third-order valence-electron chi connectivity index (χ3n) is 1.23. The molecule has 0 saturated carbocycles. The van der Waals surface area contributed by atoms with Crippen molar-refractivity contribution in [1.82, 2.24) is 0 Å². The van der Waals surface area contributed by atoms with Crippen LogP contribution >= 0.6 is 0 Å². The Morgan fingerprint density at radius 1 is 1.00 bits per heavy atom. The van der Waals surface area contributed by atoms with E-state index in [9.17, 15) is 26.3 Å². The summed E-state index contributed by atoms with van der Waals surface area (Å²) in [5, 5.41) is 0. The minimum Gasteiger partial charge on any atom is -0.330 e. The summed E-state index contributed by atoms with van der Waals surface area (Å²) in [6, 6.07) is 0. The van der Waals surface area contributed by atoms with E-state index in [4.69, 9.17) is 0 Å². The van der Waals surface area contributed by atoms with Gasteiger partial charge in [-0.25, -0.2) is 0 Å². The Labute approximate surface area is 64.5 Å². The van der Waals surface area contributed by atoms with Crippen LogP contribution in [0.1, 0.15) is 6.42 Å². The maximum atomic E-state index is 11.7. The van der Waals surface area contributed by atoms with Crippen LogP contribution in [-0.2, 0) is 0 Å². The fourth-order valence-electron chi connectivity index (χ4n) is 0.612. The minimum absolute atomic E-state index is 1.04. The van der Waals surface area contributed by atoms with Crippen molar-refractivity contribution in [2.24, 2.45) is 11.7 Å². The highest BCUT2D eigenvalue weighted by Gasteiger charge is 2.45. The summed E-state index contributed by atoms with van der Waals surface area (Å²) < 4.78 is 69.4. The smallest absolute Gasteiger partial charge is 0.330 e. The highest BCUT2D eigenvalue weighted by Crippen LogP contribution is 2.34. The van der Waals surface area contributed by atoms with E-state index in [1.807, 2.05) is 0 Å². The van der Waals surface area contributed by atoms with Gasteiger partial charge < -0.3 is 5.73 Å². The highest BCUT2D eigenvalue weighted by molar-refractivity contribution is 4.71. The Balaban J connectivity index is 4.20. The Hall–Kier alpha value is -0.460. The summed E-state index contributed by atoms with van der Waals surface area (Å²) in [6.45, 7) is -1.04. The first-order chi connectivity index (χ1) is 5.17. The summed E-state index contributed by atoms with van der Waals surface area (Å²) in [5.74, 6) is -2.49. The van der Waals surface area contributed by atoms with Crippen LogP contribution in [0.3, 0.4) is 0 Å². The lowest BCUT2D eigenvalue weighted by molar-refractivity contribution is -0.216. The molecule has 0 bridgehead atoms. The van der Waals surface area contributed by atoms with Gasteiger partial charge in [-0.3, -0.25) is 0 Å². The Bertz CT molecular complexity index is 136. The molecule has 0 rings (SSSR count). The van der Waals surface area contributed by atoms with E-state index in [1.54, 1.807) is 0 Å². The van der Waals surface area contributed by atoms with Crippen molar-refractivity contribution in [3.05, 3.63) is 0 Å². The average molecular weight is 195 g/mol. The van der Waals surface area contributed by atoms with Crippen molar-refractivity contribution in [3.63, 3.8) is 0 Å². The van der Waals surface area contributed by atoms with E-state index < -0.39 is 31.2 Å². The fourth-order valence-corrected chi connectivity index (χ4v) is 0.612. The van der Waals surface area contributed by atoms with Crippen molar-refractivity contribution in [2.75, 3.05) is 6.54 Å².